The number of carbonyl (C=O) groups is 1. The van der Waals surface area contributed by atoms with Crippen LogP contribution in [0.25, 0.3) is 0 Å². The summed E-state index contributed by atoms with van der Waals surface area (Å²) in [6.07, 6.45) is 0. The molecule has 0 aliphatic rings. The Kier molecular flexibility index (Phi) is 3.91. The molecule has 0 aromatic rings. The van der Waals surface area contributed by atoms with E-state index < -0.39 is 5.78 Å². The van der Waals surface area contributed by atoms with E-state index in [1.165, 1.54) is 7.11 Å². The van der Waals surface area contributed by atoms with E-state index in [2.05, 4.69) is 23.5 Å². The van der Waals surface area contributed by atoms with Crippen molar-refractivity contribution < 1.29 is 9.53 Å². The fourth-order valence-corrected chi connectivity index (χ4v) is 0.195. The molecule has 0 N–H and O–H groups in total. The topological polar surface area (TPSA) is 26.3 Å². The van der Waals surface area contributed by atoms with Crippen molar-refractivity contribution in [3.05, 3.63) is 6.92 Å². The Balaban J connectivity index is 3.35. The average Bonchev–Trinajstić information content (AvgIpc) is 1.66. The van der Waals surface area contributed by atoms with E-state index in [1.807, 2.05) is 0 Å². The van der Waals surface area contributed by atoms with E-state index in [9.17, 15) is 4.79 Å². The third kappa shape index (κ3) is 5.19. The monoisotopic (exact) mass is 110 g/mol. The maximum Gasteiger partial charge on any atom is 0.210 e. The molecule has 0 saturated heterocycles. The van der Waals surface area contributed by atoms with Crippen LogP contribution in [0.1, 0.15) is 0 Å². The first-order valence-corrected chi connectivity index (χ1v) is 2.04. The molecule has 0 unspecified atom stereocenters. The average molecular weight is 110 g/mol. The second-order valence-corrected chi connectivity index (χ2v) is 1.10. The molecule has 0 aliphatic heterocycles. The van der Waals surface area contributed by atoms with Crippen LogP contribution in [-0.2, 0) is 9.53 Å². The number of carbonyl (C=O) groups excluding carboxylic acids is 1. The molecule has 8 heavy (non-hydrogen) atoms. The molecule has 0 saturated carbocycles. The zero-order chi connectivity index (χ0) is 6.41. The van der Waals surface area contributed by atoms with E-state index in [-0.39, 0.29) is 6.61 Å². The summed E-state index contributed by atoms with van der Waals surface area (Å²) in [6.45, 7) is 4.92. The summed E-state index contributed by atoms with van der Waals surface area (Å²) in [5.74, 6) is 3.87. The summed E-state index contributed by atoms with van der Waals surface area (Å²) in [6, 6.07) is 0. The predicted octanol–water partition coefficient (Wildman–Crippen LogP) is -0.0836. The highest BCUT2D eigenvalue weighted by molar-refractivity contribution is 5.98. The second kappa shape index (κ2) is 4.35. The summed E-state index contributed by atoms with van der Waals surface area (Å²) in [5.41, 5.74) is 0. The van der Waals surface area contributed by atoms with E-state index in [0.29, 0.717) is 0 Å². The molecule has 0 aromatic heterocycles. The van der Waals surface area contributed by atoms with Gasteiger partial charge in [0.2, 0.25) is 5.78 Å². The Bertz CT molecular complexity index is 127. The smallest absolute Gasteiger partial charge is 0.210 e. The van der Waals surface area contributed by atoms with Crippen molar-refractivity contribution in [2.75, 3.05) is 13.7 Å². The summed E-state index contributed by atoms with van der Waals surface area (Å²) >= 11 is 0. The van der Waals surface area contributed by atoms with Crippen LogP contribution in [0.4, 0.5) is 0 Å². The Morgan fingerprint density at radius 2 is 2.50 bits per heavy atom. The van der Waals surface area contributed by atoms with Crippen LogP contribution in [0.15, 0.2) is 0 Å². The van der Waals surface area contributed by atoms with Crippen LogP contribution in [0.5, 0.6) is 0 Å². The predicted molar refractivity (Wildman–Crippen MR) is 29.0 cm³/mol. The molecular formula is C6H6O2. The van der Waals surface area contributed by atoms with Gasteiger partial charge in [-0.1, -0.05) is 5.92 Å². The lowest BCUT2D eigenvalue weighted by Gasteiger charge is -1.79. The van der Waals surface area contributed by atoms with Crippen molar-refractivity contribution in [1.29, 1.82) is 0 Å². The van der Waals surface area contributed by atoms with Crippen LogP contribution in [0.2, 0.25) is 0 Å². The van der Waals surface area contributed by atoms with Crippen molar-refractivity contribution in [1.82, 2.24) is 0 Å². The zero-order valence-corrected chi connectivity index (χ0v) is 4.60. The van der Waals surface area contributed by atoms with Crippen molar-refractivity contribution in [2.24, 2.45) is 0 Å². The number of methoxy groups -OCH3 is 1. The summed E-state index contributed by atoms with van der Waals surface area (Å²) < 4.78 is 4.51. The Morgan fingerprint density at radius 3 is 2.88 bits per heavy atom. The number of ether oxygens (including phenoxy) is 1. The van der Waals surface area contributed by atoms with E-state index in [1.54, 1.807) is 0 Å². The summed E-state index contributed by atoms with van der Waals surface area (Å²) in [5, 5.41) is 0. The number of hydrogen-bond acceptors (Lipinski definition) is 2. The lowest BCUT2D eigenvalue weighted by Crippen LogP contribution is -1.85. The van der Waals surface area contributed by atoms with E-state index in [4.69, 9.17) is 0 Å². The fraction of sp³-hybridized carbons (Fsp3) is 0.333. The van der Waals surface area contributed by atoms with Crippen molar-refractivity contribution >= 4 is 5.78 Å². The molecule has 2 heteroatoms. The molecular weight excluding hydrogens is 104 g/mol. The normalized spacial score (nSPS) is 7.25. The van der Waals surface area contributed by atoms with Crippen LogP contribution in [0, 0.1) is 18.8 Å². The molecule has 0 atom stereocenters. The third-order valence-electron chi connectivity index (χ3n) is 0.428. The highest BCUT2D eigenvalue weighted by Gasteiger charge is 1.76. The van der Waals surface area contributed by atoms with E-state index in [0.717, 1.165) is 0 Å². The van der Waals surface area contributed by atoms with E-state index >= 15 is 0 Å². The fourth-order valence-electron chi connectivity index (χ4n) is 0.195. The van der Waals surface area contributed by atoms with Gasteiger partial charge < -0.3 is 4.74 Å². The maximum absolute atomic E-state index is 9.87. The molecule has 0 aliphatic carbocycles. The Labute approximate surface area is 48.8 Å². The van der Waals surface area contributed by atoms with Crippen LogP contribution >= 0.6 is 0 Å². The first-order valence-electron chi connectivity index (χ1n) is 2.04. The van der Waals surface area contributed by atoms with Gasteiger partial charge in [-0.3, -0.25) is 4.79 Å². The lowest BCUT2D eigenvalue weighted by atomic mass is 10.4. The minimum absolute atomic E-state index is 0.253. The Hall–Kier alpha value is -0.810. The van der Waals surface area contributed by atoms with Crippen molar-refractivity contribution in [3.8, 4) is 11.8 Å². The number of Topliss-reactive ketones (excluding diaryl/α,β-unsaturated/α-hetero) is 1. The number of ketones is 1. The van der Waals surface area contributed by atoms with Gasteiger partial charge in [-0.25, -0.2) is 0 Å². The molecule has 2 radical (unpaired) electrons. The molecule has 2 nitrogen and oxygen atoms in total. The molecule has 0 fully saturated rings. The van der Waals surface area contributed by atoms with Gasteiger partial charge in [0, 0.05) is 7.11 Å². The van der Waals surface area contributed by atoms with Gasteiger partial charge in [0.25, 0.3) is 0 Å². The van der Waals surface area contributed by atoms with Crippen molar-refractivity contribution in [2.45, 2.75) is 0 Å². The highest BCUT2D eigenvalue weighted by atomic mass is 16.5. The van der Waals surface area contributed by atoms with Gasteiger partial charge in [-0.15, -0.1) is 0 Å². The molecule has 0 spiro atoms. The summed E-state index contributed by atoms with van der Waals surface area (Å²) in [4.78, 5) is 9.87. The van der Waals surface area contributed by atoms with Gasteiger partial charge in [0.1, 0.15) is 6.61 Å². The molecule has 42 valence electrons. The Morgan fingerprint density at radius 1 is 1.88 bits per heavy atom. The van der Waals surface area contributed by atoms with Gasteiger partial charge in [0.15, 0.2) is 0 Å². The first kappa shape index (κ1) is 7.19. The van der Waals surface area contributed by atoms with Crippen LogP contribution in [-0.4, -0.2) is 19.5 Å². The SMILES string of the molecule is [CH]C(=O)C#CCOC. The first-order chi connectivity index (χ1) is 3.77. The molecule has 0 rings (SSSR count). The summed E-state index contributed by atoms with van der Waals surface area (Å²) in [7, 11) is 1.50. The van der Waals surface area contributed by atoms with Crippen molar-refractivity contribution in [3.63, 3.8) is 0 Å². The molecule has 0 bridgehead atoms. The largest absolute Gasteiger partial charge is 0.372 e. The minimum Gasteiger partial charge on any atom is -0.372 e. The molecule has 0 heterocycles. The standard InChI is InChI=1S/C6H6O2/c1-6(7)4-3-5-8-2/h1H,5H2,2H3. The van der Waals surface area contributed by atoms with Gasteiger partial charge >= 0.3 is 0 Å². The quantitative estimate of drug-likeness (QED) is 0.348. The molecule has 0 aromatic carbocycles. The third-order valence-corrected chi connectivity index (χ3v) is 0.428. The number of rotatable bonds is 1. The van der Waals surface area contributed by atoms with Crippen LogP contribution in [0.3, 0.4) is 0 Å². The lowest BCUT2D eigenvalue weighted by molar-refractivity contribution is -0.109. The maximum atomic E-state index is 9.87. The second-order valence-electron chi connectivity index (χ2n) is 1.10. The highest BCUT2D eigenvalue weighted by Crippen LogP contribution is 1.63. The minimum atomic E-state index is -0.623. The molecule has 0 amide bonds. The number of hydrogen-bond donors (Lipinski definition) is 0. The van der Waals surface area contributed by atoms with Gasteiger partial charge in [0.05, 0.1) is 6.92 Å². The zero-order valence-electron chi connectivity index (χ0n) is 4.60. The van der Waals surface area contributed by atoms with Gasteiger partial charge in [-0.05, 0) is 5.92 Å². The van der Waals surface area contributed by atoms with Crippen LogP contribution < -0.4 is 0 Å². The van der Waals surface area contributed by atoms with Gasteiger partial charge in [-0.2, -0.15) is 0 Å².